The lowest BCUT2D eigenvalue weighted by atomic mass is 10.1. The summed E-state index contributed by atoms with van der Waals surface area (Å²) in [6.45, 7) is 2.08. The predicted molar refractivity (Wildman–Crippen MR) is 63.5 cm³/mol. The van der Waals surface area contributed by atoms with Crippen LogP contribution >= 0.6 is 11.6 Å². The summed E-state index contributed by atoms with van der Waals surface area (Å²) in [4.78, 5) is 20.2. The van der Waals surface area contributed by atoms with Crippen LogP contribution in [0.4, 0.5) is 10.2 Å². The molecule has 17 heavy (non-hydrogen) atoms. The Morgan fingerprint density at radius 3 is 2.94 bits per heavy atom. The molecule has 0 aliphatic rings. The molecule has 7 heteroatoms. The molecular formula is C10H14ClFN4O. The SMILES string of the molecule is CNC(=O)C(C)CN(C)c1nc(Cl)ncc1F. The van der Waals surface area contributed by atoms with Crippen molar-refractivity contribution in [3.63, 3.8) is 0 Å². The molecule has 94 valence electrons. The molecule has 0 saturated carbocycles. The number of anilines is 1. The van der Waals surface area contributed by atoms with E-state index in [1.165, 1.54) is 4.90 Å². The molecule has 1 amide bonds. The summed E-state index contributed by atoms with van der Waals surface area (Å²) in [5, 5.41) is 2.50. The van der Waals surface area contributed by atoms with Gasteiger partial charge in [0.2, 0.25) is 11.2 Å². The number of hydrogen-bond acceptors (Lipinski definition) is 4. The number of aromatic nitrogens is 2. The van der Waals surface area contributed by atoms with Crippen molar-refractivity contribution in [1.29, 1.82) is 0 Å². The molecule has 1 unspecified atom stereocenters. The van der Waals surface area contributed by atoms with Gasteiger partial charge in [0.05, 0.1) is 12.1 Å². The summed E-state index contributed by atoms with van der Waals surface area (Å²) in [7, 11) is 3.20. The van der Waals surface area contributed by atoms with Crippen molar-refractivity contribution in [2.45, 2.75) is 6.92 Å². The third-order valence-electron chi connectivity index (χ3n) is 2.30. The molecule has 0 fully saturated rings. The highest BCUT2D eigenvalue weighted by Crippen LogP contribution is 2.17. The normalized spacial score (nSPS) is 12.1. The van der Waals surface area contributed by atoms with Crippen molar-refractivity contribution >= 4 is 23.3 Å². The Kier molecular flexibility index (Phi) is 4.62. The van der Waals surface area contributed by atoms with E-state index in [0.717, 1.165) is 6.20 Å². The van der Waals surface area contributed by atoms with Crippen LogP contribution in [-0.4, -0.2) is 36.5 Å². The zero-order valence-corrected chi connectivity index (χ0v) is 10.6. The standard InChI is InChI=1S/C10H14ClFN4O/c1-6(9(17)13-2)5-16(3)8-7(12)4-14-10(11)15-8/h4,6H,5H2,1-3H3,(H,13,17). The van der Waals surface area contributed by atoms with E-state index in [4.69, 9.17) is 11.6 Å². The maximum absolute atomic E-state index is 13.4. The highest BCUT2D eigenvalue weighted by atomic mass is 35.5. The maximum atomic E-state index is 13.4. The summed E-state index contributed by atoms with van der Waals surface area (Å²) in [5.41, 5.74) is 0. The number of hydrogen-bond donors (Lipinski definition) is 1. The summed E-state index contributed by atoms with van der Waals surface area (Å²) >= 11 is 5.59. The fourth-order valence-corrected chi connectivity index (χ4v) is 1.56. The number of nitrogens with zero attached hydrogens (tertiary/aromatic N) is 3. The molecule has 0 spiro atoms. The molecule has 0 aromatic carbocycles. The van der Waals surface area contributed by atoms with E-state index >= 15 is 0 Å². The average Bonchev–Trinajstić information content (AvgIpc) is 2.30. The number of halogens is 2. The van der Waals surface area contributed by atoms with Crippen LogP contribution in [0.2, 0.25) is 5.28 Å². The first-order valence-electron chi connectivity index (χ1n) is 5.06. The van der Waals surface area contributed by atoms with Gasteiger partial charge in [0.25, 0.3) is 0 Å². The first-order valence-corrected chi connectivity index (χ1v) is 5.44. The van der Waals surface area contributed by atoms with E-state index in [0.29, 0.717) is 6.54 Å². The van der Waals surface area contributed by atoms with E-state index in [9.17, 15) is 9.18 Å². The van der Waals surface area contributed by atoms with E-state index in [1.54, 1.807) is 21.0 Å². The summed E-state index contributed by atoms with van der Waals surface area (Å²) in [5.74, 6) is -0.877. The first kappa shape index (κ1) is 13.6. The molecular weight excluding hydrogens is 247 g/mol. The number of carbonyl (C=O) groups excluding carboxylic acids is 1. The largest absolute Gasteiger partial charge is 0.359 e. The lowest BCUT2D eigenvalue weighted by molar-refractivity contribution is -0.123. The Labute approximate surface area is 104 Å². The second-order valence-electron chi connectivity index (χ2n) is 3.71. The summed E-state index contributed by atoms with van der Waals surface area (Å²) in [6.07, 6.45) is 1.01. The molecule has 1 heterocycles. The van der Waals surface area contributed by atoms with Gasteiger partial charge in [0.1, 0.15) is 0 Å². The Hall–Kier alpha value is -1.43. The van der Waals surface area contributed by atoms with E-state index in [-0.39, 0.29) is 22.9 Å². The Morgan fingerprint density at radius 1 is 1.71 bits per heavy atom. The molecule has 1 aromatic heterocycles. The quantitative estimate of drug-likeness (QED) is 0.824. The lowest BCUT2D eigenvalue weighted by Gasteiger charge is -2.21. The van der Waals surface area contributed by atoms with Crippen molar-refractivity contribution < 1.29 is 9.18 Å². The maximum Gasteiger partial charge on any atom is 0.224 e. The number of nitrogens with one attached hydrogen (secondary N) is 1. The highest BCUT2D eigenvalue weighted by molar-refractivity contribution is 6.28. The summed E-state index contributed by atoms with van der Waals surface area (Å²) in [6, 6.07) is 0. The molecule has 0 radical (unpaired) electrons. The second kappa shape index (κ2) is 5.77. The van der Waals surface area contributed by atoms with Gasteiger partial charge in [0, 0.05) is 20.6 Å². The van der Waals surface area contributed by atoms with Gasteiger partial charge in [-0.05, 0) is 11.6 Å². The van der Waals surface area contributed by atoms with Crippen molar-refractivity contribution in [3.05, 3.63) is 17.3 Å². The fraction of sp³-hybridized carbons (Fsp3) is 0.500. The molecule has 1 aromatic rings. The van der Waals surface area contributed by atoms with Crippen molar-refractivity contribution in [3.8, 4) is 0 Å². The van der Waals surface area contributed by atoms with E-state index in [2.05, 4.69) is 15.3 Å². The summed E-state index contributed by atoms with van der Waals surface area (Å²) < 4.78 is 13.4. The smallest absolute Gasteiger partial charge is 0.224 e. The van der Waals surface area contributed by atoms with Crippen LogP contribution < -0.4 is 10.2 Å². The molecule has 5 nitrogen and oxygen atoms in total. The highest BCUT2D eigenvalue weighted by Gasteiger charge is 2.17. The average molecular weight is 261 g/mol. The Bertz CT molecular complexity index is 415. The van der Waals surface area contributed by atoms with Crippen LogP contribution in [0.1, 0.15) is 6.92 Å². The van der Waals surface area contributed by atoms with Gasteiger partial charge in [-0.25, -0.2) is 9.37 Å². The molecule has 0 saturated heterocycles. The fourth-order valence-electron chi connectivity index (χ4n) is 1.43. The second-order valence-corrected chi connectivity index (χ2v) is 4.04. The third kappa shape index (κ3) is 3.52. The number of carbonyl (C=O) groups is 1. The topological polar surface area (TPSA) is 58.1 Å². The molecule has 0 bridgehead atoms. The Morgan fingerprint density at radius 2 is 2.35 bits per heavy atom. The van der Waals surface area contributed by atoms with Crippen LogP contribution in [-0.2, 0) is 4.79 Å². The van der Waals surface area contributed by atoms with E-state index < -0.39 is 5.82 Å². The van der Waals surface area contributed by atoms with Crippen molar-refractivity contribution in [2.24, 2.45) is 5.92 Å². The minimum Gasteiger partial charge on any atom is -0.359 e. The van der Waals surface area contributed by atoms with Gasteiger partial charge >= 0.3 is 0 Å². The zero-order valence-electron chi connectivity index (χ0n) is 9.87. The molecule has 0 aliphatic carbocycles. The van der Waals surface area contributed by atoms with Gasteiger partial charge in [-0.15, -0.1) is 0 Å². The predicted octanol–water partition coefficient (Wildman–Crippen LogP) is 1.09. The van der Waals surface area contributed by atoms with Crippen LogP contribution in [0, 0.1) is 11.7 Å². The van der Waals surface area contributed by atoms with Crippen LogP contribution in [0.5, 0.6) is 0 Å². The molecule has 0 aliphatic heterocycles. The monoisotopic (exact) mass is 260 g/mol. The van der Waals surface area contributed by atoms with Crippen LogP contribution in [0.15, 0.2) is 6.20 Å². The van der Waals surface area contributed by atoms with Gasteiger partial charge in [-0.3, -0.25) is 4.79 Å². The van der Waals surface area contributed by atoms with Crippen LogP contribution in [0.25, 0.3) is 0 Å². The minimum atomic E-state index is -0.569. The third-order valence-corrected chi connectivity index (χ3v) is 2.48. The van der Waals surface area contributed by atoms with Gasteiger partial charge < -0.3 is 10.2 Å². The van der Waals surface area contributed by atoms with Crippen molar-refractivity contribution in [2.75, 3.05) is 25.5 Å². The lowest BCUT2D eigenvalue weighted by Crippen LogP contribution is -2.35. The Balaban J connectivity index is 2.79. The minimum absolute atomic E-state index is 0.0270. The van der Waals surface area contributed by atoms with Crippen molar-refractivity contribution in [1.82, 2.24) is 15.3 Å². The van der Waals surface area contributed by atoms with E-state index in [1.807, 2.05) is 0 Å². The zero-order chi connectivity index (χ0) is 13.0. The molecule has 1 rings (SSSR count). The van der Waals surface area contributed by atoms with Gasteiger partial charge in [0.15, 0.2) is 11.6 Å². The number of amides is 1. The van der Waals surface area contributed by atoms with Gasteiger partial charge in [-0.1, -0.05) is 6.92 Å². The molecule has 1 N–H and O–H groups in total. The molecule has 1 atom stereocenters. The first-order chi connectivity index (χ1) is 7.95. The van der Waals surface area contributed by atoms with Crippen LogP contribution in [0.3, 0.4) is 0 Å². The van der Waals surface area contributed by atoms with Gasteiger partial charge in [-0.2, -0.15) is 4.98 Å². The number of rotatable bonds is 4.